The van der Waals surface area contributed by atoms with Crippen LogP contribution in [-0.4, -0.2) is 21.9 Å². The number of hydrogen-bond donors (Lipinski definition) is 2. The summed E-state index contributed by atoms with van der Waals surface area (Å²) in [5.41, 5.74) is 4.33. The number of amides is 1. The first kappa shape index (κ1) is 16.5. The van der Waals surface area contributed by atoms with Crippen molar-refractivity contribution in [1.82, 2.24) is 10.5 Å². The van der Waals surface area contributed by atoms with Crippen LogP contribution in [0.1, 0.15) is 37.4 Å². The van der Waals surface area contributed by atoms with Gasteiger partial charge in [0.15, 0.2) is 5.78 Å². The van der Waals surface area contributed by atoms with Gasteiger partial charge in [-0.3, -0.25) is 19.8 Å². The zero-order valence-electron chi connectivity index (χ0n) is 13.3. The molecule has 5 nitrogen and oxygen atoms in total. The average molecular weight is 332 g/mol. The van der Waals surface area contributed by atoms with Crippen molar-refractivity contribution < 1.29 is 14.8 Å². The lowest BCUT2D eigenvalue weighted by molar-refractivity contribution is 0.0703. The lowest BCUT2D eigenvalue weighted by Crippen LogP contribution is -2.22. The monoisotopic (exact) mass is 332 g/mol. The maximum Gasteiger partial charge on any atom is 0.275 e. The second kappa shape index (κ2) is 7.51. The molecule has 0 aliphatic carbocycles. The summed E-state index contributed by atoms with van der Waals surface area (Å²) in [7, 11) is 0. The smallest absolute Gasteiger partial charge is 0.275 e. The van der Waals surface area contributed by atoms with E-state index in [0.717, 1.165) is 11.1 Å². The molecule has 2 N–H and O–H groups in total. The minimum Gasteiger partial charge on any atom is -0.289 e. The molecule has 2 aromatic carbocycles. The lowest BCUT2D eigenvalue weighted by atomic mass is 9.94. The Balaban J connectivity index is 2.02. The summed E-state index contributed by atoms with van der Waals surface area (Å²) < 4.78 is 0. The zero-order valence-corrected chi connectivity index (χ0v) is 13.3. The number of nitrogens with zero attached hydrogens (tertiary/aromatic N) is 1. The third-order valence-corrected chi connectivity index (χ3v) is 3.84. The van der Waals surface area contributed by atoms with Crippen molar-refractivity contribution in [2.45, 2.75) is 6.42 Å². The van der Waals surface area contributed by atoms with Crippen LogP contribution in [0.5, 0.6) is 0 Å². The molecule has 1 aromatic heterocycles. The molecule has 0 bridgehead atoms. The summed E-state index contributed by atoms with van der Waals surface area (Å²) in [6, 6.07) is 17.5. The van der Waals surface area contributed by atoms with Gasteiger partial charge in [0.2, 0.25) is 0 Å². The fraction of sp³-hybridized carbons (Fsp3) is 0.0500. The third-order valence-electron chi connectivity index (χ3n) is 3.84. The van der Waals surface area contributed by atoms with Gasteiger partial charge in [0, 0.05) is 23.5 Å². The van der Waals surface area contributed by atoms with Crippen LogP contribution in [0.4, 0.5) is 0 Å². The van der Waals surface area contributed by atoms with E-state index in [4.69, 9.17) is 5.21 Å². The largest absolute Gasteiger partial charge is 0.289 e. The van der Waals surface area contributed by atoms with Gasteiger partial charge < -0.3 is 0 Å². The molecule has 124 valence electrons. The van der Waals surface area contributed by atoms with Gasteiger partial charge in [0.25, 0.3) is 5.91 Å². The molecular weight excluding hydrogens is 316 g/mol. The van der Waals surface area contributed by atoms with Crippen LogP contribution in [-0.2, 0) is 6.42 Å². The number of aromatic nitrogens is 1. The number of hydrogen-bond acceptors (Lipinski definition) is 4. The molecule has 0 saturated carbocycles. The summed E-state index contributed by atoms with van der Waals surface area (Å²) >= 11 is 0. The Bertz CT molecular complexity index is 893. The number of pyridine rings is 1. The second-order valence-corrected chi connectivity index (χ2v) is 5.55. The highest BCUT2D eigenvalue weighted by atomic mass is 16.5. The highest BCUT2D eigenvalue weighted by molar-refractivity contribution is 6.15. The second-order valence-electron chi connectivity index (χ2n) is 5.55. The Morgan fingerprint density at radius 3 is 2.40 bits per heavy atom. The quantitative estimate of drug-likeness (QED) is 0.428. The van der Waals surface area contributed by atoms with E-state index in [9.17, 15) is 9.59 Å². The summed E-state index contributed by atoms with van der Waals surface area (Å²) in [6.07, 6.45) is 4.04. The molecule has 0 radical (unpaired) electrons. The molecule has 3 aromatic rings. The lowest BCUT2D eigenvalue weighted by Gasteiger charge is -2.10. The van der Waals surface area contributed by atoms with Gasteiger partial charge in [-0.15, -0.1) is 0 Å². The number of rotatable bonds is 5. The first-order chi connectivity index (χ1) is 12.2. The Hall–Kier alpha value is -3.31. The molecule has 0 aliphatic rings. The molecule has 0 spiro atoms. The molecule has 1 amide bonds. The Kier molecular flexibility index (Phi) is 4.97. The molecule has 0 atom stereocenters. The molecular formula is C20H16N2O3. The molecule has 0 saturated heterocycles. The van der Waals surface area contributed by atoms with E-state index in [2.05, 4.69) is 4.98 Å². The summed E-state index contributed by atoms with van der Waals surface area (Å²) in [6.45, 7) is 0. The maximum atomic E-state index is 12.8. The van der Waals surface area contributed by atoms with E-state index >= 15 is 0 Å². The van der Waals surface area contributed by atoms with E-state index in [-0.39, 0.29) is 16.9 Å². The van der Waals surface area contributed by atoms with Crippen LogP contribution in [0.25, 0.3) is 0 Å². The van der Waals surface area contributed by atoms with Crippen LogP contribution >= 0.6 is 0 Å². The fourth-order valence-corrected chi connectivity index (χ4v) is 2.63. The van der Waals surface area contributed by atoms with Crippen molar-refractivity contribution in [2.24, 2.45) is 0 Å². The molecule has 1 heterocycles. The summed E-state index contributed by atoms with van der Waals surface area (Å²) in [4.78, 5) is 28.8. The van der Waals surface area contributed by atoms with Crippen molar-refractivity contribution in [3.05, 3.63) is 101 Å². The van der Waals surface area contributed by atoms with Crippen LogP contribution < -0.4 is 5.48 Å². The minimum absolute atomic E-state index is 0.131. The van der Waals surface area contributed by atoms with E-state index < -0.39 is 5.91 Å². The van der Waals surface area contributed by atoms with E-state index in [1.54, 1.807) is 60.3 Å². The minimum atomic E-state index is -0.716. The van der Waals surface area contributed by atoms with Gasteiger partial charge >= 0.3 is 0 Å². The number of benzene rings is 2. The van der Waals surface area contributed by atoms with E-state index in [1.165, 1.54) is 0 Å². The van der Waals surface area contributed by atoms with Gasteiger partial charge in [0.05, 0.1) is 5.56 Å². The maximum absolute atomic E-state index is 12.8. The number of nitrogens with one attached hydrogen (secondary N) is 1. The molecule has 3 rings (SSSR count). The van der Waals surface area contributed by atoms with Crippen LogP contribution in [0.3, 0.4) is 0 Å². The number of carbonyl (C=O) groups is 2. The van der Waals surface area contributed by atoms with Crippen LogP contribution in [0.15, 0.2) is 73.1 Å². The summed E-state index contributed by atoms with van der Waals surface area (Å²) in [5.74, 6) is -0.987. The molecule has 0 fully saturated rings. The van der Waals surface area contributed by atoms with Gasteiger partial charge in [-0.25, -0.2) is 5.48 Å². The van der Waals surface area contributed by atoms with Gasteiger partial charge in [0.1, 0.15) is 0 Å². The van der Waals surface area contributed by atoms with E-state index in [1.807, 2.05) is 18.2 Å². The average Bonchev–Trinajstić information content (AvgIpc) is 2.68. The van der Waals surface area contributed by atoms with Gasteiger partial charge in [-0.2, -0.15) is 0 Å². The van der Waals surface area contributed by atoms with Crippen molar-refractivity contribution >= 4 is 11.7 Å². The highest BCUT2D eigenvalue weighted by Gasteiger charge is 2.19. The van der Waals surface area contributed by atoms with Crippen LogP contribution in [0, 0.1) is 0 Å². The number of carbonyl (C=O) groups excluding carboxylic acids is 2. The predicted molar refractivity (Wildman–Crippen MR) is 92.6 cm³/mol. The van der Waals surface area contributed by atoms with Crippen molar-refractivity contribution in [3.63, 3.8) is 0 Å². The van der Waals surface area contributed by atoms with Crippen molar-refractivity contribution in [1.29, 1.82) is 0 Å². The van der Waals surface area contributed by atoms with Crippen molar-refractivity contribution in [3.8, 4) is 0 Å². The predicted octanol–water partition coefficient (Wildman–Crippen LogP) is 3.02. The summed E-state index contributed by atoms with van der Waals surface area (Å²) in [5, 5.41) is 8.95. The number of ketones is 1. The standard InChI is InChI=1S/C20H16N2O3/c23-19(16-6-2-1-3-7-16)18-12-14(8-9-17(18)20(24)22-25)11-15-5-4-10-21-13-15/h1-10,12-13,25H,11H2,(H,22,24). The first-order valence-corrected chi connectivity index (χ1v) is 7.75. The van der Waals surface area contributed by atoms with Crippen molar-refractivity contribution in [2.75, 3.05) is 0 Å². The van der Waals surface area contributed by atoms with E-state index in [0.29, 0.717) is 12.0 Å². The molecule has 0 unspecified atom stereocenters. The Morgan fingerprint density at radius 1 is 0.920 bits per heavy atom. The van der Waals surface area contributed by atoms with Crippen LogP contribution in [0.2, 0.25) is 0 Å². The Morgan fingerprint density at radius 2 is 1.72 bits per heavy atom. The SMILES string of the molecule is O=C(NO)c1ccc(Cc2cccnc2)cc1C(=O)c1ccccc1. The fourth-order valence-electron chi connectivity index (χ4n) is 2.63. The van der Waals surface area contributed by atoms with Gasteiger partial charge in [-0.05, 0) is 35.7 Å². The topological polar surface area (TPSA) is 79.3 Å². The first-order valence-electron chi connectivity index (χ1n) is 7.75. The highest BCUT2D eigenvalue weighted by Crippen LogP contribution is 2.19. The number of hydroxylamine groups is 1. The molecule has 0 aliphatic heterocycles. The molecule has 25 heavy (non-hydrogen) atoms. The Labute approximate surface area is 144 Å². The zero-order chi connectivity index (χ0) is 17.6. The molecule has 5 heteroatoms. The van der Waals surface area contributed by atoms with Gasteiger partial charge in [-0.1, -0.05) is 42.5 Å². The third kappa shape index (κ3) is 3.79. The normalized spacial score (nSPS) is 10.3.